The molecule has 0 aliphatic heterocycles. The Kier molecular flexibility index (Phi) is 8.55. The van der Waals surface area contributed by atoms with Crippen LogP contribution in [0.1, 0.15) is 43.2 Å². The normalized spacial score (nSPS) is 13.9. The minimum absolute atomic E-state index is 0.277. The first-order chi connectivity index (χ1) is 14.1. The zero-order valence-corrected chi connectivity index (χ0v) is 18.8. The van der Waals surface area contributed by atoms with Gasteiger partial charge in [0.1, 0.15) is 6.61 Å². The fourth-order valence-electron chi connectivity index (χ4n) is 3.42. The van der Waals surface area contributed by atoms with Gasteiger partial charge in [-0.2, -0.15) is 0 Å². The van der Waals surface area contributed by atoms with E-state index >= 15 is 0 Å². The first kappa shape index (κ1) is 22.3. The fourth-order valence-corrected chi connectivity index (χ4v) is 4.17. The van der Waals surface area contributed by atoms with Gasteiger partial charge in [-0.1, -0.05) is 52.5 Å². The van der Waals surface area contributed by atoms with E-state index in [9.17, 15) is 0 Å². The molecule has 0 unspecified atom stereocenters. The van der Waals surface area contributed by atoms with Crippen LogP contribution in [0.3, 0.4) is 0 Å². The highest BCUT2D eigenvalue weighted by atomic mass is 35.5. The minimum atomic E-state index is 0.277. The Morgan fingerprint density at radius 2 is 1.90 bits per heavy atom. The van der Waals surface area contributed by atoms with E-state index in [0.29, 0.717) is 26.6 Å². The van der Waals surface area contributed by atoms with E-state index in [4.69, 9.17) is 44.3 Å². The van der Waals surface area contributed by atoms with Crippen LogP contribution >= 0.6 is 34.8 Å². The maximum Gasteiger partial charge on any atom is 0.180 e. The quantitative estimate of drug-likeness (QED) is 0.320. The van der Waals surface area contributed by atoms with Crippen LogP contribution in [0.2, 0.25) is 15.1 Å². The van der Waals surface area contributed by atoms with Gasteiger partial charge in [0.05, 0.1) is 12.1 Å². The monoisotopic (exact) mass is 453 g/mol. The molecular weight excluding hydrogens is 429 g/mol. The van der Waals surface area contributed by atoms with E-state index < -0.39 is 0 Å². The van der Waals surface area contributed by atoms with Crippen LogP contribution in [-0.4, -0.2) is 13.7 Å². The molecule has 0 saturated heterocycles. The average Bonchev–Trinajstić information content (AvgIpc) is 2.72. The number of benzene rings is 2. The zero-order chi connectivity index (χ0) is 20.6. The highest BCUT2D eigenvalue weighted by Gasteiger charge is 2.13. The standard InChI is InChI=1S/C23H26Cl3NO2/c1-28-22-12-17(14-27-10-9-16-5-3-2-4-6-16)11-21(26)23(22)29-15-18-7-8-19(24)13-20(18)25/h5,7-8,11-13,27H,2-4,6,9-10,14-15H2,1H3. The van der Waals surface area contributed by atoms with Crippen LogP contribution in [0.5, 0.6) is 11.5 Å². The van der Waals surface area contributed by atoms with Crippen LogP contribution in [0.15, 0.2) is 42.0 Å². The Labute approximate surface area is 187 Å². The highest BCUT2D eigenvalue weighted by molar-refractivity contribution is 6.35. The van der Waals surface area contributed by atoms with Gasteiger partial charge in [0.2, 0.25) is 0 Å². The Bertz CT molecular complexity index is 867. The Morgan fingerprint density at radius 1 is 1.03 bits per heavy atom. The van der Waals surface area contributed by atoms with Crippen molar-refractivity contribution < 1.29 is 9.47 Å². The van der Waals surface area contributed by atoms with E-state index in [1.54, 1.807) is 24.8 Å². The summed E-state index contributed by atoms with van der Waals surface area (Å²) < 4.78 is 11.4. The summed E-state index contributed by atoms with van der Waals surface area (Å²) in [7, 11) is 1.61. The van der Waals surface area contributed by atoms with Crippen LogP contribution < -0.4 is 14.8 Å². The highest BCUT2D eigenvalue weighted by Crippen LogP contribution is 2.37. The number of rotatable bonds is 9. The largest absolute Gasteiger partial charge is 0.493 e. The van der Waals surface area contributed by atoms with E-state index in [1.165, 1.54) is 25.7 Å². The van der Waals surface area contributed by atoms with Gasteiger partial charge < -0.3 is 14.8 Å². The molecule has 2 aromatic carbocycles. The number of ether oxygens (including phenoxy) is 2. The fraction of sp³-hybridized carbons (Fsp3) is 0.391. The molecule has 3 nitrogen and oxygen atoms in total. The lowest BCUT2D eigenvalue weighted by molar-refractivity contribution is 0.284. The topological polar surface area (TPSA) is 30.5 Å². The maximum atomic E-state index is 6.48. The lowest BCUT2D eigenvalue weighted by Crippen LogP contribution is -2.16. The second-order valence-corrected chi connectivity index (χ2v) is 8.42. The minimum Gasteiger partial charge on any atom is -0.493 e. The summed E-state index contributed by atoms with van der Waals surface area (Å²) in [5.41, 5.74) is 3.46. The Morgan fingerprint density at radius 3 is 2.62 bits per heavy atom. The molecule has 1 aliphatic rings. The molecule has 0 heterocycles. The zero-order valence-electron chi connectivity index (χ0n) is 16.6. The van der Waals surface area contributed by atoms with Crippen LogP contribution in [-0.2, 0) is 13.2 Å². The Hall–Kier alpha value is -1.39. The van der Waals surface area contributed by atoms with Gasteiger partial charge in [0, 0.05) is 22.2 Å². The first-order valence-electron chi connectivity index (χ1n) is 9.88. The summed E-state index contributed by atoms with van der Waals surface area (Å²) in [6.45, 7) is 1.96. The number of allylic oxidation sites excluding steroid dienone is 1. The van der Waals surface area contributed by atoms with Gasteiger partial charge in [-0.3, -0.25) is 0 Å². The van der Waals surface area contributed by atoms with Crippen molar-refractivity contribution >= 4 is 34.8 Å². The van der Waals surface area contributed by atoms with E-state index in [2.05, 4.69) is 11.4 Å². The lowest BCUT2D eigenvalue weighted by atomic mass is 9.97. The van der Waals surface area contributed by atoms with Gasteiger partial charge in [-0.15, -0.1) is 0 Å². The molecule has 0 saturated carbocycles. The maximum absolute atomic E-state index is 6.48. The summed E-state index contributed by atoms with van der Waals surface area (Å²) in [6.07, 6.45) is 8.61. The SMILES string of the molecule is COc1cc(CNCCC2=CCCCC2)cc(Cl)c1OCc1ccc(Cl)cc1Cl. The second kappa shape index (κ2) is 11.1. The summed E-state index contributed by atoms with van der Waals surface area (Å²) >= 11 is 18.6. The molecule has 1 N–H and O–H groups in total. The van der Waals surface area contributed by atoms with Crippen molar-refractivity contribution in [2.75, 3.05) is 13.7 Å². The molecule has 0 amide bonds. The molecule has 0 atom stereocenters. The predicted octanol–water partition coefficient (Wildman–Crippen LogP) is 7.21. The third-order valence-electron chi connectivity index (χ3n) is 5.01. The van der Waals surface area contributed by atoms with Gasteiger partial charge in [-0.05, 0) is 68.5 Å². The van der Waals surface area contributed by atoms with Gasteiger partial charge in [0.15, 0.2) is 11.5 Å². The van der Waals surface area contributed by atoms with Crippen LogP contribution in [0.25, 0.3) is 0 Å². The molecule has 3 rings (SSSR count). The van der Waals surface area contributed by atoms with Crippen molar-refractivity contribution in [3.8, 4) is 11.5 Å². The average molecular weight is 455 g/mol. The summed E-state index contributed by atoms with van der Waals surface area (Å²) in [6, 6.07) is 9.18. The third kappa shape index (κ3) is 6.55. The Balaban J connectivity index is 1.58. The molecule has 156 valence electrons. The number of halogens is 3. The molecule has 0 bridgehead atoms. The molecule has 0 aromatic heterocycles. The summed E-state index contributed by atoms with van der Waals surface area (Å²) in [5.74, 6) is 1.12. The number of hydrogen-bond acceptors (Lipinski definition) is 3. The van der Waals surface area contributed by atoms with E-state index in [-0.39, 0.29) is 6.61 Å². The molecular formula is C23H26Cl3NO2. The summed E-state index contributed by atoms with van der Waals surface area (Å²) in [4.78, 5) is 0. The second-order valence-electron chi connectivity index (χ2n) is 7.17. The third-order valence-corrected chi connectivity index (χ3v) is 5.88. The number of methoxy groups -OCH3 is 1. The predicted molar refractivity (Wildman–Crippen MR) is 122 cm³/mol. The lowest BCUT2D eigenvalue weighted by Gasteiger charge is -2.16. The molecule has 29 heavy (non-hydrogen) atoms. The number of hydrogen-bond donors (Lipinski definition) is 1. The van der Waals surface area contributed by atoms with Gasteiger partial charge in [-0.25, -0.2) is 0 Å². The van der Waals surface area contributed by atoms with E-state index in [0.717, 1.165) is 30.6 Å². The first-order valence-corrected chi connectivity index (χ1v) is 11.0. The van der Waals surface area contributed by atoms with Crippen molar-refractivity contribution in [3.05, 3.63) is 68.2 Å². The van der Waals surface area contributed by atoms with Gasteiger partial charge in [0.25, 0.3) is 0 Å². The van der Waals surface area contributed by atoms with Crippen LogP contribution in [0.4, 0.5) is 0 Å². The molecule has 2 aromatic rings. The van der Waals surface area contributed by atoms with Crippen molar-refractivity contribution in [2.24, 2.45) is 0 Å². The number of nitrogens with one attached hydrogen (secondary N) is 1. The molecule has 0 radical (unpaired) electrons. The molecule has 6 heteroatoms. The van der Waals surface area contributed by atoms with Crippen molar-refractivity contribution in [1.82, 2.24) is 5.32 Å². The van der Waals surface area contributed by atoms with E-state index in [1.807, 2.05) is 18.2 Å². The van der Waals surface area contributed by atoms with Crippen molar-refractivity contribution in [1.29, 1.82) is 0 Å². The summed E-state index contributed by atoms with van der Waals surface area (Å²) in [5, 5.41) is 5.15. The smallest absolute Gasteiger partial charge is 0.180 e. The van der Waals surface area contributed by atoms with Crippen molar-refractivity contribution in [2.45, 2.75) is 45.3 Å². The molecule has 1 aliphatic carbocycles. The van der Waals surface area contributed by atoms with Crippen molar-refractivity contribution in [3.63, 3.8) is 0 Å². The van der Waals surface area contributed by atoms with Gasteiger partial charge >= 0.3 is 0 Å². The molecule has 0 fully saturated rings. The molecule has 0 spiro atoms. The van der Waals surface area contributed by atoms with Crippen LogP contribution in [0, 0.1) is 0 Å².